The van der Waals surface area contributed by atoms with E-state index in [4.69, 9.17) is 9.72 Å². The highest BCUT2D eigenvalue weighted by atomic mass is 79.9. The summed E-state index contributed by atoms with van der Waals surface area (Å²) in [5.74, 6) is -0.387. The Morgan fingerprint density at radius 3 is 2.64 bits per heavy atom. The molecule has 0 fully saturated rings. The second-order valence-electron chi connectivity index (χ2n) is 8.33. The van der Waals surface area contributed by atoms with Crippen LogP contribution in [-0.4, -0.2) is 49.4 Å². The van der Waals surface area contributed by atoms with Gasteiger partial charge in [0, 0.05) is 39.6 Å². The third-order valence-corrected chi connectivity index (χ3v) is 10.0. The molecular weight excluding hydrogens is 556 g/mol. The fourth-order valence-corrected chi connectivity index (χ4v) is 8.66. The molecule has 3 heterocycles. The minimum atomic E-state index is -4.17. The Kier molecular flexibility index (Phi) is 6.22. The summed E-state index contributed by atoms with van der Waals surface area (Å²) < 4.78 is 65.0. The van der Waals surface area contributed by atoms with Crippen molar-refractivity contribution in [2.24, 2.45) is 0 Å². The van der Waals surface area contributed by atoms with E-state index in [1.807, 2.05) is 19.6 Å². The largest absolute Gasteiger partial charge is 0.481 e. The fraction of sp³-hybridized carbons (Fsp3) is 0.316. The summed E-state index contributed by atoms with van der Waals surface area (Å²) in [6.45, 7) is 6.04. The fourth-order valence-electron chi connectivity index (χ4n) is 3.49. The number of aromatic amines is 1. The van der Waals surface area contributed by atoms with Gasteiger partial charge in [0.15, 0.2) is 0 Å². The van der Waals surface area contributed by atoms with Crippen LogP contribution in [0.4, 0.5) is 14.7 Å². The first-order chi connectivity index (χ1) is 15.4. The molecule has 0 spiro atoms. The first-order valence-corrected chi connectivity index (χ1v) is 16.3. The van der Waals surface area contributed by atoms with E-state index in [1.165, 1.54) is 18.6 Å². The number of nitrogens with zero attached hydrogens (tertiary/aromatic N) is 3. The summed E-state index contributed by atoms with van der Waals surface area (Å²) in [6, 6.07) is 1.75. The smallest absolute Gasteiger partial charge is 0.263 e. The average Bonchev–Trinajstić information content (AvgIpc) is 3.33. The molecule has 33 heavy (non-hydrogen) atoms. The van der Waals surface area contributed by atoms with E-state index in [1.54, 1.807) is 12.3 Å². The van der Waals surface area contributed by atoms with Gasteiger partial charge in [-0.15, -0.1) is 0 Å². The second kappa shape index (κ2) is 8.56. The second-order valence-corrected chi connectivity index (χ2v) is 16.6. The highest BCUT2D eigenvalue weighted by Gasteiger charge is 2.29. The molecule has 2 N–H and O–H groups in total. The molecule has 1 aromatic carbocycles. The zero-order valence-corrected chi connectivity index (χ0v) is 22.3. The van der Waals surface area contributed by atoms with Gasteiger partial charge >= 0.3 is 0 Å². The van der Waals surface area contributed by atoms with Crippen LogP contribution < -0.4 is 14.8 Å². The third kappa shape index (κ3) is 4.48. The van der Waals surface area contributed by atoms with Crippen LogP contribution in [0.3, 0.4) is 0 Å². The Morgan fingerprint density at radius 2 is 2.00 bits per heavy atom. The van der Waals surface area contributed by atoms with E-state index in [2.05, 4.69) is 35.0 Å². The molecule has 0 aliphatic carbocycles. The van der Waals surface area contributed by atoms with Crippen LogP contribution in [0.5, 0.6) is 5.88 Å². The summed E-state index contributed by atoms with van der Waals surface area (Å²) in [5, 5.41) is 1.82. The van der Waals surface area contributed by atoms with Gasteiger partial charge in [-0.1, -0.05) is 24.9 Å². The monoisotopic (exact) mass is 575 g/mol. The van der Waals surface area contributed by atoms with Crippen LogP contribution in [0.2, 0.25) is 19.6 Å². The number of sulfonamides is 1. The number of nitrogens with one attached hydrogen (secondary N) is 2. The molecule has 177 valence electrons. The van der Waals surface area contributed by atoms with Crippen LogP contribution in [0.15, 0.2) is 27.8 Å². The maximum absolute atomic E-state index is 13.6. The Balaban J connectivity index is 1.88. The van der Waals surface area contributed by atoms with Crippen LogP contribution >= 0.6 is 27.5 Å². The number of halogens is 3. The number of H-pyrrole nitrogens is 1. The number of methoxy groups -OCH3 is 1. The van der Waals surface area contributed by atoms with Gasteiger partial charge in [0.1, 0.15) is 0 Å². The molecule has 0 aliphatic heterocycles. The molecule has 4 rings (SSSR count). The number of alkyl halides is 2. The van der Waals surface area contributed by atoms with E-state index in [-0.39, 0.29) is 22.3 Å². The number of benzene rings is 1. The van der Waals surface area contributed by atoms with Crippen molar-refractivity contribution in [2.75, 3.05) is 11.8 Å². The number of ether oxygens (including phenoxy) is 1. The zero-order chi connectivity index (χ0) is 24.1. The highest BCUT2D eigenvalue weighted by molar-refractivity contribution is 9.10. The topological polar surface area (TPSA) is 110 Å². The van der Waals surface area contributed by atoms with E-state index in [0.717, 1.165) is 20.8 Å². The lowest BCUT2D eigenvalue weighted by Gasteiger charge is -2.27. The Labute approximate surface area is 202 Å². The molecule has 8 nitrogen and oxygen atoms in total. The van der Waals surface area contributed by atoms with Gasteiger partial charge < -0.3 is 9.11 Å². The molecule has 0 atom stereocenters. The maximum atomic E-state index is 13.6. The van der Waals surface area contributed by atoms with Crippen molar-refractivity contribution in [1.82, 2.24) is 19.3 Å². The van der Waals surface area contributed by atoms with E-state index in [0.29, 0.717) is 16.2 Å². The summed E-state index contributed by atoms with van der Waals surface area (Å²) >= 11 is 4.95. The van der Waals surface area contributed by atoms with Gasteiger partial charge in [-0.3, -0.25) is 4.98 Å². The number of aromatic nitrogens is 4. The molecule has 0 unspecified atom stereocenters. The molecule has 3 aromatic heterocycles. The van der Waals surface area contributed by atoms with Crippen molar-refractivity contribution in [1.29, 1.82) is 0 Å². The molecule has 4 aromatic rings. The Bertz CT molecular complexity index is 1470. The molecule has 0 amide bonds. The van der Waals surface area contributed by atoms with Gasteiger partial charge in [0.2, 0.25) is 18.3 Å². The van der Waals surface area contributed by atoms with E-state index < -0.39 is 30.9 Å². The minimum Gasteiger partial charge on any atom is -0.481 e. The predicted octanol–water partition coefficient (Wildman–Crippen LogP) is 4.49. The van der Waals surface area contributed by atoms with Gasteiger partial charge in [-0.2, -0.15) is 24.6 Å². The molecule has 0 saturated carbocycles. The third-order valence-electron chi connectivity index (χ3n) is 4.89. The van der Waals surface area contributed by atoms with E-state index >= 15 is 0 Å². The standard InChI is InChI=1S/C19H20BrF2N5O3S2Si/c1-30-17-9(5-13(21)22)7-23-19(26-17)27-32(28,29)16-10-6-12(20)15-11(8-24-31-15)14(10)25-18(16)33(2,3)4/h6-8,13,24H,5H2,1-4H3,(H,23,26,27)/q-1. The summed E-state index contributed by atoms with van der Waals surface area (Å²) in [5.41, 5.74) is 0.674. The number of anilines is 1. The lowest BCUT2D eigenvalue weighted by atomic mass is 10.2. The number of hydrogen-bond acceptors (Lipinski definition) is 7. The van der Waals surface area contributed by atoms with Gasteiger partial charge in [0.25, 0.3) is 10.0 Å². The molecule has 0 radical (unpaired) electrons. The van der Waals surface area contributed by atoms with E-state index in [9.17, 15) is 17.2 Å². The van der Waals surface area contributed by atoms with Gasteiger partial charge in [0.05, 0.1) is 22.2 Å². The molecule has 0 bridgehead atoms. The van der Waals surface area contributed by atoms with Crippen LogP contribution in [-0.2, 0) is 16.4 Å². The van der Waals surface area contributed by atoms with Crippen molar-refractivity contribution in [3.8, 4) is 5.88 Å². The zero-order valence-electron chi connectivity index (χ0n) is 18.0. The molecule has 0 saturated heterocycles. The lowest BCUT2D eigenvalue weighted by molar-refractivity contribution is 0.147. The van der Waals surface area contributed by atoms with Gasteiger partial charge in [-0.05, 0) is 22.0 Å². The first kappa shape index (κ1) is 24.0. The number of rotatable bonds is 7. The maximum Gasteiger partial charge on any atom is 0.263 e. The average molecular weight is 577 g/mol. The molecule has 14 heteroatoms. The Hall–Kier alpha value is -2.16. The highest BCUT2D eigenvalue weighted by Crippen LogP contribution is 2.37. The van der Waals surface area contributed by atoms with Crippen LogP contribution in [0, 0.1) is 0 Å². The van der Waals surface area contributed by atoms with Gasteiger partial charge in [-0.25, -0.2) is 26.9 Å². The summed E-state index contributed by atoms with van der Waals surface area (Å²) in [6.07, 6.45) is -0.281. The van der Waals surface area contributed by atoms with Crippen molar-refractivity contribution in [3.63, 3.8) is 0 Å². The number of hydrogen-bond donors (Lipinski definition) is 2. The Morgan fingerprint density at radius 1 is 1.27 bits per heavy atom. The molecular formula is C19H20BrF2N5O3S2Si-. The first-order valence-electron chi connectivity index (χ1n) is 9.72. The normalized spacial score (nSPS) is 12.7. The SMILES string of the molecule is COc1nc(NS(=O)(=O)c2c([Si-](C)(C)C)nc3c2cc(Br)c2s[nH]cc23)ncc1CC(F)F. The number of fused-ring (bicyclic) bond motifs is 3. The predicted molar refractivity (Wildman–Crippen MR) is 131 cm³/mol. The molecule has 0 aliphatic rings. The van der Waals surface area contributed by atoms with Crippen LogP contribution in [0.25, 0.3) is 21.0 Å². The van der Waals surface area contributed by atoms with Crippen LogP contribution in [0.1, 0.15) is 5.56 Å². The lowest BCUT2D eigenvalue weighted by Crippen LogP contribution is -2.42. The quantitative estimate of drug-likeness (QED) is 0.314. The van der Waals surface area contributed by atoms with Crippen molar-refractivity contribution in [2.45, 2.75) is 37.4 Å². The van der Waals surface area contributed by atoms with Crippen molar-refractivity contribution < 1.29 is 21.9 Å². The van der Waals surface area contributed by atoms with Crippen molar-refractivity contribution >= 4 is 77.8 Å². The van der Waals surface area contributed by atoms with Crippen molar-refractivity contribution in [3.05, 3.63) is 28.5 Å². The minimum absolute atomic E-state index is 0.0738. The summed E-state index contributed by atoms with van der Waals surface area (Å²) in [4.78, 5) is 12.8. The summed E-state index contributed by atoms with van der Waals surface area (Å²) in [7, 11) is -5.12.